The number of rotatable bonds is 2. The van der Waals surface area contributed by atoms with Gasteiger partial charge in [-0.25, -0.2) is 18.3 Å². The molecule has 0 N–H and O–H groups in total. The van der Waals surface area contributed by atoms with Crippen molar-refractivity contribution in [1.82, 2.24) is 14.3 Å². The summed E-state index contributed by atoms with van der Waals surface area (Å²) >= 11 is 0. The number of hydrogen-bond acceptors (Lipinski definition) is 3. The van der Waals surface area contributed by atoms with Crippen molar-refractivity contribution < 1.29 is 8.78 Å². The molecule has 7 heteroatoms. The standard InChI is InChI=1S/C18H16F2N4O/c1-10-2-14-22-24(18-6-17(7-18,8-18)9-21)16(25)23(14)15(10)11-3-12(19)5-13(20)4-11/h3-5,10,15H,2,6-8H2,1H3. The Labute approximate surface area is 142 Å². The van der Waals surface area contributed by atoms with E-state index in [2.05, 4.69) is 11.2 Å². The lowest BCUT2D eigenvalue weighted by atomic mass is 9.40. The maximum absolute atomic E-state index is 13.7. The number of benzene rings is 1. The molecule has 2 atom stereocenters. The maximum Gasteiger partial charge on any atom is 0.347 e. The van der Waals surface area contributed by atoms with Crippen LogP contribution >= 0.6 is 0 Å². The van der Waals surface area contributed by atoms with Gasteiger partial charge in [0.1, 0.15) is 17.5 Å². The lowest BCUT2D eigenvalue weighted by Crippen LogP contribution is -2.69. The molecular weight excluding hydrogens is 326 g/mol. The Morgan fingerprint density at radius 1 is 1.24 bits per heavy atom. The molecule has 1 aromatic carbocycles. The van der Waals surface area contributed by atoms with Crippen LogP contribution in [-0.4, -0.2) is 14.3 Å². The molecule has 128 valence electrons. The summed E-state index contributed by atoms with van der Waals surface area (Å²) in [6.45, 7) is 1.96. The average Bonchev–Trinajstić information content (AvgIpc) is 2.92. The molecule has 3 saturated carbocycles. The first kappa shape index (κ1) is 14.8. The van der Waals surface area contributed by atoms with Crippen LogP contribution in [0.4, 0.5) is 8.78 Å². The number of fused-ring (bicyclic) bond motifs is 1. The molecule has 3 fully saturated rings. The van der Waals surface area contributed by atoms with E-state index < -0.39 is 17.7 Å². The first-order valence-electron chi connectivity index (χ1n) is 8.45. The van der Waals surface area contributed by atoms with Crippen LogP contribution in [0.5, 0.6) is 0 Å². The van der Waals surface area contributed by atoms with Gasteiger partial charge >= 0.3 is 5.69 Å². The van der Waals surface area contributed by atoms with Gasteiger partial charge in [0.25, 0.3) is 0 Å². The molecule has 2 bridgehead atoms. The van der Waals surface area contributed by atoms with E-state index in [1.165, 1.54) is 16.8 Å². The summed E-state index contributed by atoms with van der Waals surface area (Å²) in [5.74, 6) is -0.606. The summed E-state index contributed by atoms with van der Waals surface area (Å²) in [6.07, 6.45) is 2.59. The number of hydrogen-bond donors (Lipinski definition) is 0. The van der Waals surface area contributed by atoms with Gasteiger partial charge in [-0.15, -0.1) is 0 Å². The summed E-state index contributed by atoms with van der Waals surface area (Å²) in [5, 5.41) is 13.7. The Morgan fingerprint density at radius 2 is 1.88 bits per heavy atom. The highest BCUT2D eigenvalue weighted by atomic mass is 19.1. The normalized spacial score (nSPS) is 34.8. The van der Waals surface area contributed by atoms with Gasteiger partial charge in [-0.1, -0.05) is 6.92 Å². The van der Waals surface area contributed by atoms with Gasteiger partial charge in [0.15, 0.2) is 0 Å². The van der Waals surface area contributed by atoms with E-state index in [9.17, 15) is 18.8 Å². The van der Waals surface area contributed by atoms with Crippen LogP contribution < -0.4 is 5.69 Å². The first-order valence-corrected chi connectivity index (χ1v) is 8.45. The third-order valence-corrected chi connectivity index (χ3v) is 6.12. The van der Waals surface area contributed by atoms with Crippen LogP contribution in [0.25, 0.3) is 0 Å². The average molecular weight is 342 g/mol. The second-order valence-electron chi connectivity index (χ2n) is 7.96. The summed E-state index contributed by atoms with van der Waals surface area (Å²) in [4.78, 5) is 13.0. The first-order chi connectivity index (χ1) is 11.9. The Hall–Kier alpha value is -2.49. The number of nitriles is 1. The highest BCUT2D eigenvalue weighted by Gasteiger charge is 2.71. The topological polar surface area (TPSA) is 63.6 Å². The van der Waals surface area contributed by atoms with Gasteiger partial charge in [-0.2, -0.15) is 10.4 Å². The van der Waals surface area contributed by atoms with Crippen LogP contribution in [0.15, 0.2) is 23.0 Å². The fourth-order valence-electron chi connectivity index (χ4n) is 5.10. The Bertz CT molecular complexity index is 975. The molecule has 1 aromatic heterocycles. The molecule has 4 aliphatic rings. The predicted octanol–water partition coefficient (Wildman–Crippen LogP) is 2.51. The zero-order valence-electron chi connectivity index (χ0n) is 13.7. The molecule has 25 heavy (non-hydrogen) atoms. The van der Waals surface area contributed by atoms with Gasteiger partial charge in [0.05, 0.1) is 23.1 Å². The van der Waals surface area contributed by atoms with Crippen molar-refractivity contribution in [2.45, 2.75) is 44.2 Å². The zero-order chi connectivity index (χ0) is 17.6. The van der Waals surface area contributed by atoms with E-state index in [1.54, 1.807) is 4.57 Å². The molecule has 2 heterocycles. The van der Waals surface area contributed by atoms with Crippen molar-refractivity contribution in [2.24, 2.45) is 11.3 Å². The largest absolute Gasteiger partial charge is 0.347 e. The summed E-state index contributed by atoms with van der Waals surface area (Å²) in [7, 11) is 0. The summed E-state index contributed by atoms with van der Waals surface area (Å²) in [5.41, 5.74) is -0.381. The third-order valence-electron chi connectivity index (χ3n) is 6.12. The van der Waals surface area contributed by atoms with Crippen molar-refractivity contribution in [1.29, 1.82) is 5.26 Å². The fraction of sp³-hybridized carbons (Fsp3) is 0.500. The zero-order valence-corrected chi connectivity index (χ0v) is 13.7. The molecule has 6 rings (SSSR count). The second kappa shape index (κ2) is 4.37. The van der Waals surface area contributed by atoms with E-state index in [-0.39, 0.29) is 22.6 Å². The molecule has 1 aliphatic heterocycles. The van der Waals surface area contributed by atoms with Crippen LogP contribution in [0.3, 0.4) is 0 Å². The second-order valence-corrected chi connectivity index (χ2v) is 7.96. The molecule has 0 radical (unpaired) electrons. The van der Waals surface area contributed by atoms with E-state index in [1.807, 2.05) is 6.92 Å². The van der Waals surface area contributed by atoms with Crippen LogP contribution in [0, 0.1) is 34.3 Å². The Balaban J connectivity index is 1.59. The predicted molar refractivity (Wildman–Crippen MR) is 83.7 cm³/mol. The van der Waals surface area contributed by atoms with Crippen molar-refractivity contribution in [3.63, 3.8) is 0 Å². The monoisotopic (exact) mass is 342 g/mol. The lowest BCUT2D eigenvalue weighted by Gasteiger charge is -2.65. The SMILES string of the molecule is CC1Cc2nn(C34CC(C#N)(C3)C4)c(=O)n2C1c1cc(F)cc(F)c1. The van der Waals surface area contributed by atoms with Crippen LogP contribution in [0.1, 0.15) is 43.6 Å². The van der Waals surface area contributed by atoms with Gasteiger partial charge < -0.3 is 0 Å². The molecule has 0 saturated heterocycles. The van der Waals surface area contributed by atoms with E-state index in [0.29, 0.717) is 37.1 Å². The van der Waals surface area contributed by atoms with Crippen molar-refractivity contribution >= 4 is 0 Å². The Morgan fingerprint density at radius 3 is 2.48 bits per heavy atom. The van der Waals surface area contributed by atoms with Crippen molar-refractivity contribution in [2.75, 3.05) is 0 Å². The minimum absolute atomic E-state index is 0.0320. The number of aromatic nitrogens is 3. The summed E-state index contributed by atoms with van der Waals surface area (Å²) < 4.78 is 30.4. The molecule has 3 aliphatic carbocycles. The molecule has 0 amide bonds. The highest BCUT2D eigenvalue weighted by molar-refractivity contribution is 5.30. The van der Waals surface area contributed by atoms with E-state index >= 15 is 0 Å². The van der Waals surface area contributed by atoms with Crippen LogP contribution in [0.2, 0.25) is 0 Å². The van der Waals surface area contributed by atoms with E-state index in [4.69, 9.17) is 0 Å². The third kappa shape index (κ3) is 1.74. The summed E-state index contributed by atoms with van der Waals surface area (Å²) in [6, 6.07) is 5.32. The fourth-order valence-corrected chi connectivity index (χ4v) is 5.10. The van der Waals surface area contributed by atoms with Crippen molar-refractivity contribution in [3.05, 3.63) is 51.7 Å². The molecule has 5 nitrogen and oxygen atoms in total. The number of nitrogens with zero attached hydrogens (tertiary/aromatic N) is 4. The molecular formula is C18H16F2N4O. The van der Waals surface area contributed by atoms with Gasteiger partial charge in [-0.05, 0) is 42.9 Å². The minimum Gasteiger partial charge on any atom is -0.271 e. The minimum atomic E-state index is -0.647. The molecule has 2 aromatic rings. The smallest absolute Gasteiger partial charge is 0.271 e. The highest BCUT2D eigenvalue weighted by Crippen LogP contribution is 2.70. The molecule has 0 spiro atoms. The lowest BCUT2D eigenvalue weighted by molar-refractivity contribution is -0.155. The van der Waals surface area contributed by atoms with E-state index in [0.717, 1.165) is 6.07 Å². The maximum atomic E-state index is 13.7. The van der Waals surface area contributed by atoms with Gasteiger partial charge in [0, 0.05) is 12.5 Å². The quantitative estimate of drug-likeness (QED) is 0.842. The van der Waals surface area contributed by atoms with Gasteiger partial charge in [0.2, 0.25) is 0 Å². The number of halogens is 2. The van der Waals surface area contributed by atoms with Gasteiger partial charge in [-0.3, -0.25) is 4.57 Å². The van der Waals surface area contributed by atoms with Crippen molar-refractivity contribution in [3.8, 4) is 6.07 Å². The Kier molecular flexibility index (Phi) is 2.59. The molecule has 2 unspecified atom stereocenters. The van der Waals surface area contributed by atoms with Crippen LogP contribution in [-0.2, 0) is 12.0 Å².